The molecule has 2 fully saturated rings. The first-order valence-electron chi connectivity index (χ1n) is 12.1. The van der Waals surface area contributed by atoms with Gasteiger partial charge in [0, 0.05) is 18.2 Å². The predicted molar refractivity (Wildman–Crippen MR) is 140 cm³/mol. The highest BCUT2D eigenvalue weighted by atomic mass is 32.2. The topological polar surface area (TPSA) is 95.9 Å². The summed E-state index contributed by atoms with van der Waals surface area (Å²) in [4.78, 5) is 27.8. The van der Waals surface area contributed by atoms with Crippen molar-refractivity contribution in [3.05, 3.63) is 59.7 Å². The van der Waals surface area contributed by atoms with Gasteiger partial charge in [0.1, 0.15) is 5.25 Å². The third-order valence-corrected chi connectivity index (χ3v) is 9.07. The zero-order valence-electron chi connectivity index (χ0n) is 20.1. The summed E-state index contributed by atoms with van der Waals surface area (Å²) in [6.45, 7) is 3.90. The smallest absolute Gasteiger partial charge is 0.284 e. The van der Waals surface area contributed by atoms with Crippen molar-refractivity contribution >= 4 is 44.5 Å². The largest absolute Gasteiger partial charge is 0.326 e. The molecule has 7 nitrogen and oxygen atoms in total. The highest BCUT2D eigenvalue weighted by Gasteiger charge is 2.43. The highest BCUT2D eigenvalue weighted by molar-refractivity contribution is 8.16. The monoisotopic (exact) mass is 513 g/mol. The molecule has 1 aliphatic carbocycles. The second kappa shape index (κ2) is 11.0. The molecular weight excluding hydrogens is 482 g/mol. The molecule has 186 valence electrons. The standard InChI is InChI=1S/C26H31N3O4S2/c1-3-19-13-15-21(16-14-19)35(32,33)28-26-29(20-10-5-4-6-11-20)25(31)23(34-26)17-24(30)27-22-12-8-7-9-18(22)2/h7-9,12-16,20,23H,3-6,10-11,17H2,1-2H3,(H,27,30). The van der Waals surface area contributed by atoms with Gasteiger partial charge in [-0.1, -0.05) is 68.3 Å². The molecule has 35 heavy (non-hydrogen) atoms. The van der Waals surface area contributed by atoms with E-state index in [0.29, 0.717) is 5.69 Å². The third-order valence-electron chi connectivity index (χ3n) is 6.52. The predicted octanol–water partition coefficient (Wildman–Crippen LogP) is 4.91. The maximum Gasteiger partial charge on any atom is 0.284 e. The lowest BCUT2D eigenvalue weighted by Crippen LogP contribution is -2.42. The second-order valence-electron chi connectivity index (χ2n) is 9.02. The highest BCUT2D eigenvalue weighted by Crippen LogP contribution is 2.36. The fourth-order valence-electron chi connectivity index (χ4n) is 4.49. The van der Waals surface area contributed by atoms with Gasteiger partial charge in [0.15, 0.2) is 5.17 Å². The van der Waals surface area contributed by atoms with E-state index in [0.717, 1.165) is 61.4 Å². The number of nitrogens with zero attached hydrogens (tertiary/aromatic N) is 2. The zero-order chi connectivity index (χ0) is 25.0. The molecule has 1 N–H and O–H groups in total. The zero-order valence-corrected chi connectivity index (χ0v) is 21.7. The van der Waals surface area contributed by atoms with E-state index in [4.69, 9.17) is 0 Å². The summed E-state index contributed by atoms with van der Waals surface area (Å²) in [6, 6.07) is 14.0. The number of amides is 2. The number of sulfonamides is 1. The van der Waals surface area contributed by atoms with Crippen LogP contribution in [0.4, 0.5) is 5.69 Å². The molecule has 0 radical (unpaired) electrons. The maximum atomic E-state index is 13.4. The van der Waals surface area contributed by atoms with Gasteiger partial charge in [0.25, 0.3) is 10.0 Å². The minimum absolute atomic E-state index is 0.0503. The Morgan fingerprint density at radius 1 is 1.09 bits per heavy atom. The summed E-state index contributed by atoms with van der Waals surface area (Å²) >= 11 is 1.08. The quantitative estimate of drug-likeness (QED) is 0.568. The van der Waals surface area contributed by atoms with Crippen LogP contribution in [0.1, 0.15) is 56.6 Å². The molecule has 2 aliphatic rings. The van der Waals surface area contributed by atoms with Crippen LogP contribution in [0.2, 0.25) is 0 Å². The summed E-state index contributed by atoms with van der Waals surface area (Å²) in [7, 11) is -4.00. The normalized spacial score (nSPS) is 20.4. The Hall–Kier alpha value is -2.65. The Bertz CT molecular complexity index is 1220. The van der Waals surface area contributed by atoms with Crippen molar-refractivity contribution in [1.29, 1.82) is 0 Å². The fraction of sp³-hybridized carbons (Fsp3) is 0.423. The number of rotatable bonds is 7. The molecule has 2 amide bonds. The molecular formula is C26H31N3O4S2. The first kappa shape index (κ1) is 25.4. The van der Waals surface area contributed by atoms with Crippen molar-refractivity contribution < 1.29 is 18.0 Å². The Balaban J connectivity index is 1.58. The molecule has 0 aromatic heterocycles. The number of amidine groups is 1. The lowest BCUT2D eigenvalue weighted by Gasteiger charge is -2.30. The van der Waals surface area contributed by atoms with Crippen molar-refractivity contribution in [2.45, 2.75) is 75.0 Å². The summed E-state index contributed by atoms with van der Waals surface area (Å²) in [5.74, 6) is -0.523. The summed E-state index contributed by atoms with van der Waals surface area (Å²) in [6.07, 6.45) is 5.43. The van der Waals surface area contributed by atoms with Crippen LogP contribution in [0.3, 0.4) is 0 Å². The molecule has 0 spiro atoms. The Labute approximate surface area is 211 Å². The number of nitrogens with one attached hydrogen (secondary N) is 1. The number of hydrogen-bond donors (Lipinski definition) is 1. The Morgan fingerprint density at radius 3 is 2.43 bits per heavy atom. The van der Waals surface area contributed by atoms with E-state index >= 15 is 0 Å². The van der Waals surface area contributed by atoms with Gasteiger partial charge in [-0.3, -0.25) is 14.5 Å². The van der Waals surface area contributed by atoms with Crippen LogP contribution in [0, 0.1) is 6.92 Å². The van der Waals surface area contributed by atoms with Crippen LogP contribution >= 0.6 is 11.8 Å². The second-order valence-corrected chi connectivity index (χ2v) is 11.8. The number of para-hydroxylation sites is 1. The van der Waals surface area contributed by atoms with Crippen LogP contribution in [0.25, 0.3) is 0 Å². The Morgan fingerprint density at radius 2 is 1.77 bits per heavy atom. The molecule has 2 aromatic rings. The minimum Gasteiger partial charge on any atom is -0.326 e. The van der Waals surface area contributed by atoms with Gasteiger partial charge in [-0.2, -0.15) is 8.42 Å². The maximum absolute atomic E-state index is 13.4. The molecule has 1 aliphatic heterocycles. The average molecular weight is 514 g/mol. The van der Waals surface area contributed by atoms with Gasteiger partial charge in [0.2, 0.25) is 11.8 Å². The van der Waals surface area contributed by atoms with Crippen molar-refractivity contribution in [3.63, 3.8) is 0 Å². The number of benzene rings is 2. The molecule has 2 aromatic carbocycles. The van der Waals surface area contributed by atoms with Crippen LogP contribution in [-0.4, -0.2) is 41.6 Å². The van der Waals surface area contributed by atoms with E-state index < -0.39 is 15.3 Å². The minimum atomic E-state index is -4.00. The fourth-order valence-corrected chi connectivity index (χ4v) is 6.89. The van der Waals surface area contributed by atoms with Crippen LogP contribution < -0.4 is 5.32 Å². The first-order chi connectivity index (χ1) is 16.8. The van der Waals surface area contributed by atoms with Crippen molar-refractivity contribution in [2.75, 3.05) is 5.32 Å². The van der Waals surface area contributed by atoms with E-state index in [-0.39, 0.29) is 34.3 Å². The molecule has 1 saturated carbocycles. The van der Waals surface area contributed by atoms with Crippen molar-refractivity contribution in [1.82, 2.24) is 4.90 Å². The molecule has 4 rings (SSSR count). The van der Waals surface area contributed by atoms with Gasteiger partial charge in [-0.15, -0.1) is 4.40 Å². The molecule has 0 bridgehead atoms. The van der Waals surface area contributed by atoms with Gasteiger partial charge in [-0.25, -0.2) is 0 Å². The van der Waals surface area contributed by atoms with Crippen LogP contribution in [0.5, 0.6) is 0 Å². The number of anilines is 1. The number of hydrogen-bond acceptors (Lipinski definition) is 5. The molecule has 1 atom stereocenters. The van der Waals surface area contributed by atoms with E-state index in [1.54, 1.807) is 29.2 Å². The number of thioether (sulfide) groups is 1. The number of carbonyl (C=O) groups is 2. The van der Waals surface area contributed by atoms with Crippen LogP contribution in [-0.2, 0) is 26.0 Å². The summed E-state index contributed by atoms with van der Waals surface area (Å²) in [5.41, 5.74) is 2.66. The lowest BCUT2D eigenvalue weighted by atomic mass is 9.94. The average Bonchev–Trinajstić information content (AvgIpc) is 3.14. The SMILES string of the molecule is CCc1ccc(S(=O)(=O)N=C2SC(CC(=O)Nc3ccccc3C)C(=O)N2C2CCCCC2)cc1. The van der Waals surface area contributed by atoms with E-state index in [2.05, 4.69) is 9.71 Å². The molecule has 1 saturated heterocycles. The van der Waals surface area contributed by atoms with Gasteiger partial charge in [0.05, 0.1) is 4.90 Å². The molecule has 1 heterocycles. The third kappa shape index (κ3) is 5.95. The van der Waals surface area contributed by atoms with E-state index in [1.165, 1.54) is 0 Å². The summed E-state index contributed by atoms with van der Waals surface area (Å²) in [5, 5.41) is 2.34. The van der Waals surface area contributed by atoms with E-state index in [1.807, 2.05) is 38.1 Å². The van der Waals surface area contributed by atoms with Gasteiger partial charge in [-0.05, 0) is 55.5 Å². The van der Waals surface area contributed by atoms with Crippen LogP contribution in [0.15, 0.2) is 57.8 Å². The van der Waals surface area contributed by atoms with Crippen molar-refractivity contribution in [3.8, 4) is 0 Å². The molecule has 9 heteroatoms. The lowest BCUT2D eigenvalue weighted by molar-refractivity contribution is -0.130. The van der Waals surface area contributed by atoms with Gasteiger partial charge >= 0.3 is 0 Å². The Kier molecular flexibility index (Phi) is 7.96. The number of carbonyl (C=O) groups excluding carboxylic acids is 2. The first-order valence-corrected chi connectivity index (χ1v) is 14.4. The number of aryl methyl sites for hydroxylation is 2. The van der Waals surface area contributed by atoms with Gasteiger partial charge < -0.3 is 5.32 Å². The summed E-state index contributed by atoms with van der Waals surface area (Å²) < 4.78 is 30.3. The van der Waals surface area contributed by atoms with Crippen molar-refractivity contribution in [2.24, 2.45) is 4.40 Å². The molecule has 1 unspecified atom stereocenters. The van der Waals surface area contributed by atoms with E-state index in [9.17, 15) is 18.0 Å².